The fourth-order valence-corrected chi connectivity index (χ4v) is 4.23. The van der Waals surface area contributed by atoms with Gasteiger partial charge in [0.05, 0.1) is 12.2 Å². The first-order chi connectivity index (χ1) is 16.0. The Kier molecular flexibility index (Phi) is 5.93. The number of hydrogen-bond acceptors (Lipinski definition) is 6. The number of nitrogens with zero attached hydrogens (tertiary/aromatic N) is 4. The minimum Gasteiger partial charge on any atom is -0.508 e. The predicted molar refractivity (Wildman–Crippen MR) is 126 cm³/mol. The predicted octanol–water partition coefficient (Wildman–Crippen LogP) is 5.00. The molecule has 5 rings (SSSR count). The van der Waals surface area contributed by atoms with Crippen molar-refractivity contribution in [2.24, 2.45) is 0 Å². The van der Waals surface area contributed by atoms with Crippen LogP contribution in [-0.2, 0) is 6.54 Å². The van der Waals surface area contributed by atoms with E-state index in [2.05, 4.69) is 20.6 Å². The molecule has 2 aromatic heterocycles. The Bertz CT molecular complexity index is 1250. The second-order valence-electron chi connectivity index (χ2n) is 8.00. The van der Waals surface area contributed by atoms with Crippen LogP contribution in [0.2, 0.25) is 5.02 Å². The number of rotatable bonds is 6. The van der Waals surface area contributed by atoms with Gasteiger partial charge in [-0.05, 0) is 67.9 Å². The molecule has 1 atom stereocenters. The van der Waals surface area contributed by atoms with Crippen molar-refractivity contribution in [2.75, 3.05) is 11.9 Å². The minimum absolute atomic E-state index is 0.0665. The molecule has 0 spiro atoms. The molecule has 1 aliphatic rings. The summed E-state index contributed by atoms with van der Waals surface area (Å²) in [5.41, 5.74) is 3.49. The summed E-state index contributed by atoms with van der Waals surface area (Å²) in [7, 11) is 0. The molecule has 2 aromatic carbocycles. The molecule has 33 heavy (non-hydrogen) atoms. The largest absolute Gasteiger partial charge is 0.508 e. The van der Waals surface area contributed by atoms with Crippen LogP contribution in [0.3, 0.4) is 0 Å². The van der Waals surface area contributed by atoms with E-state index < -0.39 is 0 Å². The van der Waals surface area contributed by atoms with E-state index in [1.54, 1.807) is 36.5 Å². The molecule has 4 aromatic rings. The highest BCUT2D eigenvalue weighted by Crippen LogP contribution is 2.34. The van der Waals surface area contributed by atoms with Crippen LogP contribution < -0.4 is 10.6 Å². The zero-order valence-corrected chi connectivity index (χ0v) is 18.4. The van der Waals surface area contributed by atoms with Crippen molar-refractivity contribution in [3.8, 4) is 28.3 Å². The lowest BCUT2D eigenvalue weighted by atomic mass is 10.1. The quantitative estimate of drug-likeness (QED) is 0.372. The molecule has 0 aliphatic carbocycles. The molecule has 0 saturated carbocycles. The van der Waals surface area contributed by atoms with Crippen LogP contribution in [0.5, 0.6) is 5.75 Å². The molecule has 1 aliphatic heterocycles. The second kappa shape index (κ2) is 9.17. The highest BCUT2D eigenvalue weighted by atomic mass is 35.5. The maximum Gasteiger partial charge on any atom is 0.227 e. The van der Waals surface area contributed by atoms with Crippen molar-refractivity contribution in [1.29, 1.82) is 0 Å². The second-order valence-corrected chi connectivity index (χ2v) is 8.44. The van der Waals surface area contributed by atoms with Gasteiger partial charge >= 0.3 is 0 Å². The summed E-state index contributed by atoms with van der Waals surface area (Å²) >= 11 is 6.20. The molecule has 0 unspecified atom stereocenters. The fourth-order valence-electron chi connectivity index (χ4n) is 4.00. The number of nitrogens with one attached hydrogen (secondary N) is 2. The Labute approximate surface area is 195 Å². The van der Waals surface area contributed by atoms with E-state index in [9.17, 15) is 9.50 Å². The van der Waals surface area contributed by atoms with Gasteiger partial charge in [0.25, 0.3) is 0 Å². The SMILES string of the molecule is Oc1cc(Cl)cc(-c2nn(C[C@H]3CCCN3)cc2-c2ccnc(Nc3ccc(F)cc3)n2)c1. The van der Waals surface area contributed by atoms with Gasteiger partial charge < -0.3 is 15.7 Å². The fraction of sp³-hybridized carbons (Fsp3) is 0.208. The van der Waals surface area contributed by atoms with E-state index in [1.165, 1.54) is 18.2 Å². The highest BCUT2D eigenvalue weighted by molar-refractivity contribution is 6.31. The smallest absolute Gasteiger partial charge is 0.227 e. The molecule has 7 nitrogen and oxygen atoms in total. The van der Waals surface area contributed by atoms with Gasteiger partial charge in [0, 0.05) is 40.3 Å². The summed E-state index contributed by atoms with van der Waals surface area (Å²) in [5.74, 6) is 0.134. The number of phenolic OH excluding ortho intramolecular Hbond substituents is 1. The number of benzene rings is 2. The van der Waals surface area contributed by atoms with Gasteiger partial charge in [-0.15, -0.1) is 0 Å². The van der Waals surface area contributed by atoms with Crippen molar-refractivity contribution in [1.82, 2.24) is 25.1 Å². The van der Waals surface area contributed by atoms with Gasteiger partial charge in [0.15, 0.2) is 0 Å². The van der Waals surface area contributed by atoms with Crippen LogP contribution in [0.4, 0.5) is 16.0 Å². The Balaban J connectivity index is 1.53. The molecule has 1 saturated heterocycles. The molecule has 9 heteroatoms. The zero-order chi connectivity index (χ0) is 22.8. The van der Waals surface area contributed by atoms with Crippen LogP contribution >= 0.6 is 11.6 Å². The zero-order valence-electron chi connectivity index (χ0n) is 17.7. The number of hydrogen-bond donors (Lipinski definition) is 3. The molecule has 0 amide bonds. The Morgan fingerprint density at radius 1 is 1.18 bits per heavy atom. The van der Waals surface area contributed by atoms with E-state index in [0.29, 0.717) is 39.7 Å². The number of aromatic hydroxyl groups is 1. The lowest BCUT2D eigenvalue weighted by Crippen LogP contribution is -2.26. The van der Waals surface area contributed by atoms with Crippen molar-refractivity contribution in [3.63, 3.8) is 0 Å². The average molecular weight is 465 g/mol. The summed E-state index contributed by atoms with van der Waals surface area (Å²) < 4.78 is 15.1. The monoisotopic (exact) mass is 464 g/mol. The molecular formula is C24H22ClFN6O. The first-order valence-corrected chi connectivity index (χ1v) is 11.1. The molecule has 3 N–H and O–H groups in total. The van der Waals surface area contributed by atoms with Gasteiger partial charge in [-0.1, -0.05) is 11.6 Å². The first-order valence-electron chi connectivity index (χ1n) is 10.7. The van der Waals surface area contributed by atoms with Crippen molar-refractivity contribution < 1.29 is 9.50 Å². The molecular weight excluding hydrogens is 443 g/mol. The maximum atomic E-state index is 13.2. The molecule has 3 heterocycles. The lowest BCUT2D eigenvalue weighted by molar-refractivity contribution is 0.474. The number of aromatic nitrogens is 4. The molecule has 168 valence electrons. The van der Waals surface area contributed by atoms with Crippen molar-refractivity contribution >= 4 is 23.2 Å². The van der Waals surface area contributed by atoms with Crippen molar-refractivity contribution in [3.05, 3.63) is 71.8 Å². The maximum absolute atomic E-state index is 13.2. The van der Waals surface area contributed by atoms with E-state index in [0.717, 1.165) is 31.5 Å². The van der Waals surface area contributed by atoms with Crippen LogP contribution in [-0.4, -0.2) is 37.4 Å². The summed E-state index contributed by atoms with van der Waals surface area (Å²) in [5, 5.41) is 21.9. The van der Waals surface area contributed by atoms with Crippen molar-refractivity contribution in [2.45, 2.75) is 25.4 Å². The Morgan fingerprint density at radius 3 is 2.79 bits per heavy atom. The summed E-state index contributed by atoms with van der Waals surface area (Å²) in [4.78, 5) is 8.95. The molecule has 0 radical (unpaired) electrons. The van der Waals surface area contributed by atoms with Crippen LogP contribution in [0, 0.1) is 5.82 Å². The van der Waals surface area contributed by atoms with E-state index >= 15 is 0 Å². The molecule has 0 bridgehead atoms. The topological polar surface area (TPSA) is 87.9 Å². The summed E-state index contributed by atoms with van der Waals surface area (Å²) in [6, 6.07) is 13.0. The number of halogens is 2. The van der Waals surface area contributed by atoms with E-state index in [-0.39, 0.29) is 11.6 Å². The molecule has 1 fully saturated rings. The van der Waals surface area contributed by atoms with E-state index in [1.807, 2.05) is 10.9 Å². The number of phenols is 1. The summed E-state index contributed by atoms with van der Waals surface area (Å²) in [6.45, 7) is 1.74. The van der Waals surface area contributed by atoms with Gasteiger partial charge in [-0.3, -0.25) is 4.68 Å². The third kappa shape index (κ3) is 4.97. The van der Waals surface area contributed by atoms with Gasteiger partial charge in [0.2, 0.25) is 5.95 Å². The number of anilines is 2. The van der Waals surface area contributed by atoms with Gasteiger partial charge in [-0.2, -0.15) is 5.10 Å². The highest BCUT2D eigenvalue weighted by Gasteiger charge is 2.20. The third-order valence-corrected chi connectivity index (χ3v) is 5.74. The average Bonchev–Trinajstić information content (AvgIpc) is 3.45. The normalized spacial score (nSPS) is 15.6. The first kappa shape index (κ1) is 21.4. The summed E-state index contributed by atoms with van der Waals surface area (Å²) in [6.07, 6.45) is 5.86. The van der Waals surface area contributed by atoms with Crippen LogP contribution in [0.1, 0.15) is 12.8 Å². The lowest BCUT2D eigenvalue weighted by Gasteiger charge is -2.09. The van der Waals surface area contributed by atoms with Gasteiger partial charge in [-0.25, -0.2) is 14.4 Å². The minimum atomic E-state index is -0.311. The van der Waals surface area contributed by atoms with Crippen LogP contribution in [0.25, 0.3) is 22.5 Å². The standard InChI is InChI=1S/C24H22ClFN6O/c25-16-10-15(11-20(33)12-16)23-21(14-32(31-23)13-19-2-1-8-27-19)22-7-9-28-24(30-22)29-18-5-3-17(26)4-6-18/h3-7,9-12,14,19,27,33H,1-2,8,13H2,(H,28,29,30)/t19-/m1/s1. The Hall–Kier alpha value is -3.49. The van der Waals surface area contributed by atoms with Crippen LogP contribution in [0.15, 0.2) is 60.9 Å². The van der Waals surface area contributed by atoms with E-state index in [4.69, 9.17) is 16.7 Å². The third-order valence-electron chi connectivity index (χ3n) is 5.52. The van der Waals surface area contributed by atoms with Gasteiger partial charge in [0.1, 0.15) is 17.3 Å². The Morgan fingerprint density at radius 2 is 2.03 bits per heavy atom.